The molecule has 0 bridgehead atoms. The number of aromatic nitrogens is 1. The third-order valence-corrected chi connectivity index (χ3v) is 11.5. The highest BCUT2D eigenvalue weighted by molar-refractivity contribution is 6.07. The van der Waals surface area contributed by atoms with E-state index in [1.54, 1.807) is 18.3 Å². The van der Waals surface area contributed by atoms with Crippen molar-refractivity contribution in [3.63, 3.8) is 0 Å². The third-order valence-electron chi connectivity index (χ3n) is 11.5. The number of ketones is 2. The van der Waals surface area contributed by atoms with E-state index in [0.29, 0.717) is 46.7 Å². The Morgan fingerprint density at radius 2 is 1.62 bits per heavy atom. The number of allylic oxidation sites excluding steroid dienone is 1. The summed E-state index contributed by atoms with van der Waals surface area (Å²) < 4.78 is 5.44. The second-order valence-corrected chi connectivity index (χ2v) is 16.0. The number of anilines is 1. The van der Waals surface area contributed by atoms with Gasteiger partial charge in [0.05, 0.1) is 20.1 Å². The molecule has 1 atom stereocenters. The van der Waals surface area contributed by atoms with Gasteiger partial charge in [0, 0.05) is 12.6 Å². The lowest BCUT2D eigenvalue weighted by atomic mass is 9.74. The van der Waals surface area contributed by atoms with Gasteiger partial charge in [-0.2, -0.15) is 0 Å². The fraction of sp³-hybridized carbons (Fsp3) is 0.438. The zero-order chi connectivity index (χ0) is 39.9. The molecule has 3 aromatic carbocycles. The summed E-state index contributed by atoms with van der Waals surface area (Å²) in [5.41, 5.74) is 13.9. The van der Waals surface area contributed by atoms with Gasteiger partial charge in [0.1, 0.15) is 11.6 Å². The molecule has 8 nitrogen and oxygen atoms in total. The van der Waals surface area contributed by atoms with Crippen LogP contribution >= 0.6 is 0 Å². The number of nitrogens with zero attached hydrogens (tertiary/aromatic N) is 1. The van der Waals surface area contributed by atoms with Crippen LogP contribution in [0.3, 0.4) is 0 Å². The van der Waals surface area contributed by atoms with E-state index in [1.807, 2.05) is 19.2 Å². The predicted octanol–water partition coefficient (Wildman–Crippen LogP) is 8.42. The van der Waals surface area contributed by atoms with Crippen molar-refractivity contribution in [2.75, 3.05) is 33.0 Å². The third kappa shape index (κ3) is 12.4. The lowest BCUT2D eigenvalue weighted by Gasteiger charge is -2.32. The molecule has 1 fully saturated rings. The van der Waals surface area contributed by atoms with Gasteiger partial charge in [0.25, 0.3) is 0 Å². The molecule has 0 amide bonds. The molecule has 1 aliphatic carbocycles. The number of carbonyl (C=O) groups is 2. The van der Waals surface area contributed by atoms with E-state index in [2.05, 4.69) is 65.8 Å². The largest absolute Gasteiger partial charge is 0.504 e. The van der Waals surface area contributed by atoms with E-state index < -0.39 is 6.61 Å². The number of hydrogen-bond acceptors (Lipinski definition) is 8. The molecule has 0 radical (unpaired) electrons. The molecule has 4 aromatic rings. The Morgan fingerprint density at radius 3 is 2.32 bits per heavy atom. The molecule has 0 aliphatic heterocycles. The number of ether oxygens (including phenoxy) is 1. The summed E-state index contributed by atoms with van der Waals surface area (Å²) in [7, 11) is 3.45. The summed E-state index contributed by atoms with van der Waals surface area (Å²) in [6.07, 6.45) is 15.0. The van der Waals surface area contributed by atoms with Crippen LogP contribution in [-0.2, 0) is 41.7 Å². The van der Waals surface area contributed by atoms with E-state index in [0.717, 1.165) is 56.2 Å². The van der Waals surface area contributed by atoms with E-state index in [4.69, 9.17) is 10.5 Å². The second-order valence-electron chi connectivity index (χ2n) is 16.0. The highest BCUT2D eigenvalue weighted by Gasteiger charge is 2.34. The number of aryl methyl sites for hydroxylation is 4. The van der Waals surface area contributed by atoms with Gasteiger partial charge in [-0.15, -0.1) is 0 Å². The van der Waals surface area contributed by atoms with Crippen LogP contribution in [0.4, 0.5) is 5.82 Å². The number of nitrogen functional groups attached to an aromatic ring is 1. The summed E-state index contributed by atoms with van der Waals surface area (Å²) in [5.74, 6) is 0.745. The molecule has 1 saturated carbocycles. The number of methoxy groups -OCH3 is 1. The minimum atomic E-state index is -0.429. The molecule has 1 heterocycles. The molecule has 1 aliphatic rings. The summed E-state index contributed by atoms with van der Waals surface area (Å²) in [4.78, 5) is 30.8. The molecule has 5 N–H and O–H groups in total. The van der Waals surface area contributed by atoms with Crippen LogP contribution in [0.25, 0.3) is 5.57 Å². The number of aliphatic hydroxyl groups excluding tert-OH is 1. The smallest absolute Gasteiger partial charge is 0.163 e. The minimum absolute atomic E-state index is 0.0531. The number of nitrogens with two attached hydrogens (primary N) is 1. The van der Waals surface area contributed by atoms with Crippen molar-refractivity contribution in [1.82, 2.24) is 10.3 Å². The van der Waals surface area contributed by atoms with Gasteiger partial charge in [0.2, 0.25) is 0 Å². The molecule has 5 rings (SSSR count). The first-order chi connectivity index (χ1) is 27.1. The molecule has 0 unspecified atom stereocenters. The molecule has 1 aromatic heterocycles. The standard InChI is InChI=1S/C48H61N3O5/c1-34(31-50-2)30-48(20-7-8-21-48)22-10-15-42(53)28-43(54)25-41(33-52)44-29-46(56-3)45(55)26-39(44)24-40-32-51-47(49)27-38(40)19-18-37-14-9-13-36(23-37)17-16-35-11-5-4-6-12-35/h4-6,9,11-14,23,25-27,29,32,34,50,52,55H,7-8,10,15-22,24,28,30-31,33H2,1-3H3,(H2,49,51)/b41-25+/t34-/m1/s1. The van der Waals surface area contributed by atoms with Gasteiger partial charge in [-0.1, -0.05) is 74.4 Å². The first-order valence-electron chi connectivity index (χ1n) is 20.4. The fourth-order valence-corrected chi connectivity index (χ4v) is 8.75. The van der Waals surface area contributed by atoms with E-state index in [9.17, 15) is 19.8 Å². The monoisotopic (exact) mass is 759 g/mol. The van der Waals surface area contributed by atoms with Crippen molar-refractivity contribution in [3.05, 3.63) is 124 Å². The molecule has 0 spiro atoms. The molecular weight excluding hydrogens is 699 g/mol. The summed E-state index contributed by atoms with van der Waals surface area (Å²) >= 11 is 0. The number of carbonyl (C=O) groups excluding carboxylic acids is 2. The maximum absolute atomic E-state index is 13.3. The number of Topliss-reactive ketones (excluding diaryl/α,β-unsaturated/α-hetero) is 1. The van der Waals surface area contributed by atoms with Crippen molar-refractivity contribution >= 4 is 23.0 Å². The number of benzene rings is 3. The number of hydrogen-bond donors (Lipinski definition) is 4. The number of aliphatic hydroxyl groups is 1. The van der Waals surface area contributed by atoms with Gasteiger partial charge in [-0.05, 0) is 158 Å². The van der Waals surface area contributed by atoms with Crippen LogP contribution in [0, 0.1) is 11.3 Å². The van der Waals surface area contributed by atoms with Crippen LogP contribution in [0.15, 0.2) is 85.1 Å². The van der Waals surface area contributed by atoms with Crippen LogP contribution in [0.5, 0.6) is 11.5 Å². The number of phenols is 1. The zero-order valence-electron chi connectivity index (χ0n) is 33.6. The predicted molar refractivity (Wildman–Crippen MR) is 226 cm³/mol. The summed E-state index contributed by atoms with van der Waals surface area (Å²) in [6, 6.07) is 24.4. The maximum atomic E-state index is 13.3. The van der Waals surface area contributed by atoms with Crippen molar-refractivity contribution in [2.24, 2.45) is 11.3 Å². The van der Waals surface area contributed by atoms with E-state index >= 15 is 0 Å². The van der Waals surface area contributed by atoms with Gasteiger partial charge < -0.3 is 26.0 Å². The first kappa shape index (κ1) is 42.4. The van der Waals surface area contributed by atoms with Crippen molar-refractivity contribution in [3.8, 4) is 11.5 Å². The Balaban J connectivity index is 1.27. The molecule has 0 saturated heterocycles. The van der Waals surface area contributed by atoms with Gasteiger partial charge >= 0.3 is 0 Å². The van der Waals surface area contributed by atoms with E-state index in [1.165, 1.54) is 62.0 Å². The Hall–Kier alpha value is -4.79. The fourth-order valence-electron chi connectivity index (χ4n) is 8.75. The Bertz CT molecular complexity index is 1930. The van der Waals surface area contributed by atoms with Gasteiger partial charge in [0.15, 0.2) is 17.3 Å². The Labute approximate surface area is 333 Å². The lowest BCUT2D eigenvalue weighted by Crippen LogP contribution is -2.25. The highest BCUT2D eigenvalue weighted by atomic mass is 16.5. The molecule has 56 heavy (non-hydrogen) atoms. The van der Waals surface area contributed by atoms with Crippen molar-refractivity contribution in [2.45, 2.75) is 96.8 Å². The number of phenolic OH excluding ortho intramolecular Hbond substituents is 1. The quantitative estimate of drug-likeness (QED) is 0.0464. The SMILES string of the molecule is CNC[C@H](C)CC1(CCCC(=O)CC(=O)/C=C(\CO)c2cc(OC)c(O)cc2Cc2cnc(N)cc2CCc2cccc(CCc3ccccc3)c2)CCCC1. The van der Waals surface area contributed by atoms with Crippen LogP contribution < -0.4 is 15.8 Å². The average molecular weight is 760 g/mol. The lowest BCUT2D eigenvalue weighted by molar-refractivity contribution is -0.124. The molecular formula is C48H61N3O5. The minimum Gasteiger partial charge on any atom is -0.504 e. The molecule has 298 valence electrons. The highest BCUT2D eigenvalue weighted by Crippen LogP contribution is 2.47. The summed E-state index contributed by atoms with van der Waals surface area (Å²) in [6.45, 7) is 2.86. The topological polar surface area (TPSA) is 135 Å². The van der Waals surface area contributed by atoms with E-state index in [-0.39, 0.29) is 29.5 Å². The van der Waals surface area contributed by atoms with Crippen LogP contribution in [0.1, 0.15) is 104 Å². The number of rotatable bonds is 22. The Kier molecular flexibility index (Phi) is 15.8. The summed E-state index contributed by atoms with van der Waals surface area (Å²) in [5, 5.41) is 24.7. The normalized spacial score (nSPS) is 14.5. The van der Waals surface area contributed by atoms with Crippen LogP contribution in [-0.4, -0.2) is 54.1 Å². The maximum Gasteiger partial charge on any atom is 0.163 e. The molecule has 8 heteroatoms. The average Bonchev–Trinajstić information content (AvgIpc) is 3.64. The zero-order valence-corrected chi connectivity index (χ0v) is 33.6. The van der Waals surface area contributed by atoms with Gasteiger partial charge in [-0.25, -0.2) is 4.98 Å². The first-order valence-corrected chi connectivity index (χ1v) is 20.4. The van der Waals surface area contributed by atoms with Gasteiger partial charge in [-0.3, -0.25) is 9.59 Å². The number of nitrogens with one attached hydrogen (secondary N) is 1. The van der Waals surface area contributed by atoms with Crippen LogP contribution in [0.2, 0.25) is 0 Å². The second kappa shape index (κ2) is 20.9. The van der Waals surface area contributed by atoms with Crippen molar-refractivity contribution in [1.29, 1.82) is 0 Å². The number of pyridine rings is 1. The van der Waals surface area contributed by atoms with Crippen molar-refractivity contribution < 1.29 is 24.5 Å². The Morgan fingerprint density at radius 1 is 0.929 bits per heavy atom. The number of aromatic hydroxyl groups is 1.